The molecular formula is C22H39N5O2S. The van der Waals surface area contributed by atoms with E-state index in [9.17, 15) is 9.59 Å². The van der Waals surface area contributed by atoms with Crippen LogP contribution in [0.2, 0.25) is 0 Å². The summed E-state index contributed by atoms with van der Waals surface area (Å²) < 4.78 is 2.32. The molecule has 7 nitrogen and oxygen atoms in total. The van der Waals surface area contributed by atoms with Gasteiger partial charge >= 0.3 is 0 Å². The van der Waals surface area contributed by atoms with E-state index in [4.69, 9.17) is 0 Å². The van der Waals surface area contributed by atoms with Crippen molar-refractivity contribution in [2.75, 3.05) is 25.9 Å². The summed E-state index contributed by atoms with van der Waals surface area (Å²) in [6.45, 7) is 6.42. The maximum atomic E-state index is 12.3. The summed E-state index contributed by atoms with van der Waals surface area (Å²) in [5.41, 5.74) is 0. The van der Waals surface area contributed by atoms with E-state index in [1.54, 1.807) is 11.8 Å². The zero-order valence-electron chi connectivity index (χ0n) is 19.0. The predicted molar refractivity (Wildman–Crippen MR) is 122 cm³/mol. The van der Waals surface area contributed by atoms with Gasteiger partial charge in [-0.3, -0.25) is 9.59 Å². The lowest BCUT2D eigenvalue weighted by Gasteiger charge is -2.21. The van der Waals surface area contributed by atoms with Crippen molar-refractivity contribution in [1.29, 1.82) is 0 Å². The number of aryl methyl sites for hydroxylation is 1. The lowest BCUT2D eigenvalue weighted by atomic mass is 10.2. The van der Waals surface area contributed by atoms with Crippen LogP contribution in [0, 0.1) is 0 Å². The average Bonchev–Trinajstić information content (AvgIpc) is 3.40. The number of hydrogen-bond donors (Lipinski definition) is 1. The van der Waals surface area contributed by atoms with Crippen LogP contribution in [0.1, 0.15) is 89.9 Å². The van der Waals surface area contributed by atoms with Crippen LogP contribution in [-0.2, 0) is 16.0 Å². The highest BCUT2D eigenvalue weighted by molar-refractivity contribution is 7.98. The third kappa shape index (κ3) is 7.60. The molecule has 0 aliphatic heterocycles. The Labute approximate surface area is 185 Å². The van der Waals surface area contributed by atoms with E-state index in [2.05, 4.69) is 33.9 Å². The van der Waals surface area contributed by atoms with Gasteiger partial charge in [-0.05, 0) is 44.8 Å². The van der Waals surface area contributed by atoms with Crippen molar-refractivity contribution in [1.82, 2.24) is 25.0 Å². The van der Waals surface area contributed by atoms with Crippen LogP contribution >= 0.6 is 11.8 Å². The molecule has 2 rings (SSSR count). The van der Waals surface area contributed by atoms with E-state index in [0.717, 1.165) is 49.8 Å². The second-order valence-corrected chi connectivity index (χ2v) is 8.87. The van der Waals surface area contributed by atoms with Crippen LogP contribution in [0.3, 0.4) is 0 Å². The first kappa shape index (κ1) is 24.7. The summed E-state index contributed by atoms with van der Waals surface area (Å²) in [5, 5.41) is 12.7. The Kier molecular flexibility index (Phi) is 11.3. The van der Waals surface area contributed by atoms with E-state index in [0.29, 0.717) is 31.8 Å². The molecule has 1 N–H and O–H groups in total. The van der Waals surface area contributed by atoms with Crippen LogP contribution in [0.4, 0.5) is 0 Å². The van der Waals surface area contributed by atoms with Crippen LogP contribution < -0.4 is 5.32 Å². The molecule has 0 unspecified atom stereocenters. The molecular weight excluding hydrogens is 398 g/mol. The molecule has 0 radical (unpaired) electrons. The van der Waals surface area contributed by atoms with Crippen molar-refractivity contribution in [3.8, 4) is 0 Å². The Morgan fingerprint density at radius 2 is 1.80 bits per heavy atom. The molecule has 1 aromatic rings. The van der Waals surface area contributed by atoms with Gasteiger partial charge in [-0.15, -0.1) is 10.2 Å². The molecule has 8 heteroatoms. The molecule has 1 aromatic heterocycles. The fourth-order valence-corrected chi connectivity index (χ4v) is 4.74. The summed E-state index contributed by atoms with van der Waals surface area (Å²) in [7, 11) is 0. The first-order chi connectivity index (χ1) is 14.6. The van der Waals surface area contributed by atoms with Crippen molar-refractivity contribution in [3.05, 3.63) is 5.82 Å². The number of nitrogens with one attached hydrogen (secondary N) is 1. The molecule has 1 heterocycles. The largest absolute Gasteiger partial charge is 0.356 e. The van der Waals surface area contributed by atoms with E-state index in [1.807, 2.05) is 11.2 Å². The smallest absolute Gasteiger partial charge is 0.222 e. The summed E-state index contributed by atoms with van der Waals surface area (Å²) in [4.78, 5) is 26.3. The normalized spacial score (nSPS) is 14.2. The monoisotopic (exact) mass is 437 g/mol. The maximum Gasteiger partial charge on any atom is 0.222 e. The van der Waals surface area contributed by atoms with Gasteiger partial charge in [0.05, 0.1) is 0 Å². The Balaban J connectivity index is 1.67. The Bertz CT molecular complexity index is 652. The van der Waals surface area contributed by atoms with Gasteiger partial charge in [0.1, 0.15) is 5.82 Å². The van der Waals surface area contributed by atoms with Gasteiger partial charge in [-0.1, -0.05) is 38.5 Å². The van der Waals surface area contributed by atoms with Crippen molar-refractivity contribution in [2.45, 2.75) is 95.7 Å². The summed E-state index contributed by atoms with van der Waals surface area (Å²) in [6, 6.07) is 0.532. The van der Waals surface area contributed by atoms with Crippen molar-refractivity contribution in [3.63, 3.8) is 0 Å². The molecule has 0 bridgehead atoms. The minimum absolute atomic E-state index is 0.0300. The minimum atomic E-state index is 0.0300. The molecule has 0 spiro atoms. The summed E-state index contributed by atoms with van der Waals surface area (Å²) in [6.07, 6.45) is 12.1. The van der Waals surface area contributed by atoms with Crippen molar-refractivity contribution < 1.29 is 9.59 Å². The van der Waals surface area contributed by atoms with Gasteiger partial charge in [-0.2, -0.15) is 0 Å². The number of carbonyl (C=O) groups excluding carboxylic acids is 2. The molecule has 2 amide bonds. The quantitative estimate of drug-likeness (QED) is 0.352. The zero-order valence-corrected chi connectivity index (χ0v) is 19.8. The molecule has 1 saturated carbocycles. The van der Waals surface area contributed by atoms with Gasteiger partial charge in [0, 0.05) is 44.9 Å². The fraction of sp³-hybridized carbons (Fsp3) is 0.818. The first-order valence-corrected chi connectivity index (χ1v) is 12.8. The Hall–Kier alpha value is -1.57. The number of aromatic nitrogens is 3. The third-order valence-electron chi connectivity index (χ3n) is 5.64. The highest BCUT2D eigenvalue weighted by Gasteiger charge is 2.23. The van der Waals surface area contributed by atoms with Crippen molar-refractivity contribution >= 4 is 23.6 Å². The number of carbonyl (C=O) groups is 2. The summed E-state index contributed by atoms with van der Waals surface area (Å²) >= 11 is 1.66. The lowest BCUT2D eigenvalue weighted by Crippen LogP contribution is -2.32. The van der Waals surface area contributed by atoms with Crippen LogP contribution in [0.5, 0.6) is 0 Å². The van der Waals surface area contributed by atoms with Crippen LogP contribution in [0.25, 0.3) is 0 Å². The van der Waals surface area contributed by atoms with E-state index >= 15 is 0 Å². The fourth-order valence-electron chi connectivity index (χ4n) is 4.17. The second kappa shape index (κ2) is 13.7. The summed E-state index contributed by atoms with van der Waals surface area (Å²) in [5.74, 6) is 1.24. The van der Waals surface area contributed by atoms with Gasteiger partial charge in [-0.25, -0.2) is 0 Å². The highest BCUT2D eigenvalue weighted by Crippen LogP contribution is 2.33. The SMILES string of the molecule is CCCN(CCC)C(=O)CCCC(=O)NCCCc1nnc(SC)n1C1CCCC1. The lowest BCUT2D eigenvalue weighted by molar-refractivity contribution is -0.131. The van der Waals surface area contributed by atoms with Crippen LogP contribution in [0.15, 0.2) is 5.16 Å². The molecule has 0 atom stereocenters. The topological polar surface area (TPSA) is 80.1 Å². The molecule has 30 heavy (non-hydrogen) atoms. The second-order valence-electron chi connectivity index (χ2n) is 8.10. The number of thioether (sulfide) groups is 1. The van der Waals surface area contributed by atoms with Gasteiger partial charge in [0.2, 0.25) is 11.8 Å². The van der Waals surface area contributed by atoms with Gasteiger partial charge < -0.3 is 14.8 Å². The standard InChI is InChI=1S/C22H39N5O2S/c1-4-16-26(17-5-2)21(29)14-8-13-20(28)23-15-9-12-19-24-25-22(30-3)27(19)18-10-6-7-11-18/h18H,4-17H2,1-3H3,(H,23,28). The Morgan fingerprint density at radius 1 is 1.10 bits per heavy atom. The molecule has 1 aliphatic carbocycles. The molecule has 170 valence electrons. The molecule has 1 aliphatic rings. The highest BCUT2D eigenvalue weighted by atomic mass is 32.2. The van der Waals surface area contributed by atoms with Gasteiger partial charge in [0.15, 0.2) is 5.16 Å². The van der Waals surface area contributed by atoms with Gasteiger partial charge in [0.25, 0.3) is 0 Å². The predicted octanol–water partition coefficient (Wildman–Crippen LogP) is 3.98. The third-order valence-corrected chi connectivity index (χ3v) is 6.28. The number of nitrogens with zero attached hydrogens (tertiary/aromatic N) is 4. The van der Waals surface area contributed by atoms with Crippen molar-refractivity contribution in [2.24, 2.45) is 0 Å². The average molecular weight is 438 g/mol. The van der Waals surface area contributed by atoms with Crippen LogP contribution in [-0.4, -0.2) is 57.4 Å². The first-order valence-electron chi connectivity index (χ1n) is 11.6. The molecule has 1 fully saturated rings. The van der Waals surface area contributed by atoms with E-state index in [-0.39, 0.29) is 11.8 Å². The van der Waals surface area contributed by atoms with E-state index < -0.39 is 0 Å². The number of rotatable bonds is 14. The maximum absolute atomic E-state index is 12.3. The molecule has 0 aromatic carbocycles. The zero-order chi connectivity index (χ0) is 21.8. The number of hydrogen-bond acceptors (Lipinski definition) is 5. The molecule has 0 saturated heterocycles. The van der Waals surface area contributed by atoms with E-state index in [1.165, 1.54) is 25.7 Å². The minimum Gasteiger partial charge on any atom is -0.356 e. The number of amides is 2. The Morgan fingerprint density at radius 3 is 2.43 bits per heavy atom.